The molecule has 0 aliphatic carbocycles. The van der Waals surface area contributed by atoms with Crippen LogP contribution in [0, 0.1) is 0 Å². The molecule has 1 aliphatic rings. The lowest BCUT2D eigenvalue weighted by Gasteiger charge is -1.94. The van der Waals surface area contributed by atoms with Gasteiger partial charge in [-0.3, -0.25) is 4.99 Å². The first kappa shape index (κ1) is 4.43. The van der Waals surface area contributed by atoms with E-state index in [1.807, 2.05) is 6.92 Å². The highest BCUT2D eigenvalue weighted by Gasteiger charge is 1.89. The Kier molecular flexibility index (Phi) is 1.15. The van der Waals surface area contributed by atoms with Crippen LogP contribution < -0.4 is 0 Å². The Balaban J connectivity index is 2.58. The van der Waals surface area contributed by atoms with Crippen LogP contribution in [-0.4, -0.2) is 18.9 Å². The normalized spacial score (nSPS) is 19.3. The van der Waals surface area contributed by atoms with Crippen LogP contribution in [0.25, 0.3) is 0 Å². The molecule has 7 heavy (non-hydrogen) atoms. The average molecular weight is 97.1 g/mol. The Morgan fingerprint density at radius 2 is 2.29 bits per heavy atom. The minimum atomic E-state index is 0.761. The van der Waals surface area contributed by atoms with E-state index in [1.54, 1.807) is 0 Å². The molecule has 0 aromatic rings. The van der Waals surface area contributed by atoms with E-state index in [9.17, 15) is 0 Å². The summed E-state index contributed by atoms with van der Waals surface area (Å²) >= 11 is 0. The highest BCUT2D eigenvalue weighted by Crippen LogP contribution is 1.89. The van der Waals surface area contributed by atoms with Crippen molar-refractivity contribution in [2.75, 3.05) is 13.1 Å². The molecular weight excluding hydrogens is 90.1 g/mol. The van der Waals surface area contributed by atoms with Gasteiger partial charge in [0.25, 0.3) is 0 Å². The first-order valence-corrected chi connectivity index (χ1v) is 2.28. The summed E-state index contributed by atoms with van der Waals surface area (Å²) in [6.07, 6.45) is 0. The van der Waals surface area contributed by atoms with Gasteiger partial charge in [-0.1, -0.05) is 0 Å². The Labute approximate surface area is 42.2 Å². The summed E-state index contributed by atoms with van der Waals surface area (Å²) in [6.45, 7) is 3.43. The van der Waals surface area contributed by atoms with Crippen LogP contribution >= 0.6 is 0 Å². The van der Waals surface area contributed by atoms with Crippen molar-refractivity contribution in [2.24, 2.45) is 15.2 Å². The van der Waals surface area contributed by atoms with E-state index < -0.39 is 0 Å². The second-order valence-electron chi connectivity index (χ2n) is 1.39. The number of azo groups is 1. The first-order valence-electron chi connectivity index (χ1n) is 2.28. The minimum Gasteiger partial charge on any atom is -0.267 e. The maximum atomic E-state index is 3.99. The average Bonchev–Trinajstić information content (AvgIpc) is 1.69. The van der Waals surface area contributed by atoms with E-state index >= 15 is 0 Å². The quantitative estimate of drug-likeness (QED) is 0.430. The van der Waals surface area contributed by atoms with Crippen LogP contribution in [0.5, 0.6) is 0 Å². The summed E-state index contributed by atoms with van der Waals surface area (Å²) < 4.78 is 0. The lowest BCUT2D eigenvalue weighted by Crippen LogP contribution is -1.97. The molecule has 0 radical (unpaired) electrons. The summed E-state index contributed by atoms with van der Waals surface area (Å²) in [5.41, 5.74) is 0. The van der Waals surface area contributed by atoms with Crippen LogP contribution in [0.4, 0.5) is 0 Å². The van der Waals surface area contributed by atoms with E-state index in [1.165, 1.54) is 0 Å². The second-order valence-corrected chi connectivity index (χ2v) is 1.39. The second kappa shape index (κ2) is 1.82. The summed E-state index contributed by atoms with van der Waals surface area (Å²) in [7, 11) is 0. The third-order valence-corrected chi connectivity index (χ3v) is 0.756. The third kappa shape index (κ3) is 1.07. The summed E-state index contributed by atoms with van der Waals surface area (Å²) in [6, 6.07) is 0. The smallest absolute Gasteiger partial charge is 0.142 e. The van der Waals surface area contributed by atoms with E-state index in [2.05, 4.69) is 15.2 Å². The third-order valence-electron chi connectivity index (χ3n) is 0.756. The van der Waals surface area contributed by atoms with Crippen LogP contribution in [0.1, 0.15) is 6.92 Å². The zero-order valence-corrected chi connectivity index (χ0v) is 4.26. The molecular formula is C4H7N3. The van der Waals surface area contributed by atoms with Gasteiger partial charge in [-0.15, -0.1) is 5.11 Å². The fourth-order valence-electron chi connectivity index (χ4n) is 0.440. The SMILES string of the molecule is CC1=NCCN=N1. The zero-order valence-electron chi connectivity index (χ0n) is 4.26. The minimum absolute atomic E-state index is 0.761. The van der Waals surface area contributed by atoms with Crippen molar-refractivity contribution in [1.29, 1.82) is 0 Å². The molecule has 1 heterocycles. The number of nitrogens with zero attached hydrogens (tertiary/aromatic N) is 3. The van der Waals surface area contributed by atoms with Crippen molar-refractivity contribution < 1.29 is 0 Å². The molecule has 0 amide bonds. The van der Waals surface area contributed by atoms with Crippen LogP contribution in [0.3, 0.4) is 0 Å². The molecule has 3 nitrogen and oxygen atoms in total. The highest BCUT2D eigenvalue weighted by molar-refractivity contribution is 5.80. The number of rotatable bonds is 0. The molecule has 0 saturated heterocycles. The molecule has 0 unspecified atom stereocenters. The Morgan fingerprint density at radius 1 is 1.43 bits per heavy atom. The van der Waals surface area contributed by atoms with Crippen molar-refractivity contribution in [3.05, 3.63) is 0 Å². The van der Waals surface area contributed by atoms with Crippen molar-refractivity contribution in [2.45, 2.75) is 6.92 Å². The van der Waals surface area contributed by atoms with Gasteiger partial charge in [-0.25, -0.2) is 0 Å². The number of amidine groups is 1. The van der Waals surface area contributed by atoms with Crippen molar-refractivity contribution in [1.82, 2.24) is 0 Å². The van der Waals surface area contributed by atoms with Crippen molar-refractivity contribution in [3.63, 3.8) is 0 Å². The van der Waals surface area contributed by atoms with E-state index in [4.69, 9.17) is 0 Å². The molecule has 0 saturated carbocycles. The molecule has 38 valence electrons. The molecule has 0 atom stereocenters. The maximum Gasteiger partial charge on any atom is 0.142 e. The predicted molar refractivity (Wildman–Crippen MR) is 27.7 cm³/mol. The Hall–Kier alpha value is -0.730. The molecule has 0 aromatic carbocycles. The van der Waals surface area contributed by atoms with Gasteiger partial charge in [0.2, 0.25) is 0 Å². The van der Waals surface area contributed by atoms with Crippen LogP contribution in [0.15, 0.2) is 15.2 Å². The van der Waals surface area contributed by atoms with Gasteiger partial charge < -0.3 is 0 Å². The van der Waals surface area contributed by atoms with Gasteiger partial charge in [-0.2, -0.15) is 5.11 Å². The number of hydrogen-bond donors (Lipinski definition) is 0. The number of aliphatic imine (C=N–C) groups is 1. The van der Waals surface area contributed by atoms with Crippen LogP contribution in [0.2, 0.25) is 0 Å². The molecule has 0 aromatic heterocycles. The molecule has 1 aliphatic heterocycles. The number of hydrogen-bond acceptors (Lipinski definition) is 3. The van der Waals surface area contributed by atoms with Gasteiger partial charge >= 0.3 is 0 Å². The fourth-order valence-corrected chi connectivity index (χ4v) is 0.440. The lowest BCUT2D eigenvalue weighted by molar-refractivity contribution is 0.878. The summed E-state index contributed by atoms with van der Waals surface area (Å²) in [4.78, 5) is 3.99. The molecule has 0 spiro atoms. The van der Waals surface area contributed by atoms with Gasteiger partial charge in [0.15, 0.2) is 0 Å². The molecule has 1 rings (SSSR count). The summed E-state index contributed by atoms with van der Waals surface area (Å²) in [5.74, 6) is 0.797. The monoisotopic (exact) mass is 97.1 g/mol. The zero-order chi connectivity index (χ0) is 5.11. The van der Waals surface area contributed by atoms with Crippen molar-refractivity contribution >= 4 is 5.84 Å². The van der Waals surface area contributed by atoms with Gasteiger partial charge in [-0.05, 0) is 6.92 Å². The predicted octanol–water partition coefficient (Wildman–Crippen LogP) is 0.871. The molecule has 0 fully saturated rings. The van der Waals surface area contributed by atoms with Gasteiger partial charge in [0.1, 0.15) is 5.84 Å². The fraction of sp³-hybridized carbons (Fsp3) is 0.750. The Morgan fingerprint density at radius 3 is 2.57 bits per heavy atom. The topological polar surface area (TPSA) is 37.1 Å². The van der Waals surface area contributed by atoms with E-state index in [0.29, 0.717) is 0 Å². The van der Waals surface area contributed by atoms with Gasteiger partial charge in [0.05, 0.1) is 13.1 Å². The Bertz CT molecular complexity index is 114. The van der Waals surface area contributed by atoms with E-state index in [0.717, 1.165) is 18.9 Å². The lowest BCUT2D eigenvalue weighted by atomic mass is 10.6. The van der Waals surface area contributed by atoms with Crippen LogP contribution in [-0.2, 0) is 0 Å². The maximum absolute atomic E-state index is 3.99. The standard InChI is InChI=1S/C4H7N3/c1-4-5-2-3-6-7-4/h2-3H2,1H3. The van der Waals surface area contributed by atoms with Crippen molar-refractivity contribution in [3.8, 4) is 0 Å². The van der Waals surface area contributed by atoms with E-state index in [-0.39, 0.29) is 0 Å². The molecule has 0 N–H and O–H groups in total. The van der Waals surface area contributed by atoms with Gasteiger partial charge in [0, 0.05) is 0 Å². The first-order chi connectivity index (χ1) is 3.39. The molecule has 3 heteroatoms. The molecule has 0 bridgehead atoms. The largest absolute Gasteiger partial charge is 0.267 e. The summed E-state index contributed by atoms with van der Waals surface area (Å²) in [5, 5.41) is 7.46. The highest BCUT2D eigenvalue weighted by atomic mass is 15.2.